The lowest BCUT2D eigenvalue weighted by Gasteiger charge is -2.37. The Hall–Kier alpha value is -2.37. The van der Waals surface area contributed by atoms with Crippen LogP contribution in [0.15, 0.2) is 30.3 Å². The topological polar surface area (TPSA) is 60.9 Å². The molecule has 0 bridgehead atoms. The molecule has 162 valence electrons. The quantitative estimate of drug-likeness (QED) is 0.748. The molecule has 1 saturated carbocycles. The number of hydrogen-bond acceptors (Lipinski definition) is 3. The van der Waals surface area contributed by atoms with Crippen LogP contribution in [0, 0.1) is 5.92 Å². The van der Waals surface area contributed by atoms with Gasteiger partial charge in [-0.15, -0.1) is 0 Å². The van der Waals surface area contributed by atoms with Gasteiger partial charge in [0.05, 0.1) is 6.42 Å². The maximum Gasteiger partial charge on any atom is 0.245 e. The number of piperazine rings is 1. The van der Waals surface area contributed by atoms with E-state index in [9.17, 15) is 14.4 Å². The van der Waals surface area contributed by atoms with Crippen molar-refractivity contribution < 1.29 is 14.4 Å². The van der Waals surface area contributed by atoms with Crippen molar-refractivity contribution in [2.75, 3.05) is 32.7 Å². The fraction of sp³-hybridized carbons (Fsp3) is 0.625. The molecule has 0 spiro atoms. The fourth-order valence-corrected chi connectivity index (χ4v) is 5.17. The number of amides is 3. The maximum atomic E-state index is 13.2. The molecule has 1 unspecified atom stereocenters. The highest BCUT2D eigenvalue weighted by Crippen LogP contribution is 2.28. The van der Waals surface area contributed by atoms with Gasteiger partial charge < -0.3 is 14.7 Å². The first-order valence-electron chi connectivity index (χ1n) is 11.5. The van der Waals surface area contributed by atoms with E-state index in [4.69, 9.17) is 0 Å². The standard InChI is InChI=1S/C24H33N3O3/c28-22(17-19-9-4-5-10-19)25-13-15-26(16-14-25)24(30)21-11-6-12-27(21)23(29)18-20-7-2-1-3-8-20/h1-3,7-8,19,21H,4-6,9-18H2. The zero-order valence-electron chi connectivity index (χ0n) is 17.8. The van der Waals surface area contributed by atoms with Crippen molar-refractivity contribution in [2.45, 2.75) is 57.4 Å². The van der Waals surface area contributed by atoms with Crippen molar-refractivity contribution in [2.24, 2.45) is 5.92 Å². The Bertz CT molecular complexity index is 752. The second kappa shape index (κ2) is 9.63. The highest BCUT2D eigenvalue weighted by molar-refractivity contribution is 5.89. The van der Waals surface area contributed by atoms with E-state index < -0.39 is 0 Å². The second-order valence-electron chi connectivity index (χ2n) is 8.97. The Morgan fingerprint density at radius 2 is 1.43 bits per heavy atom. The minimum atomic E-state index is -0.345. The van der Waals surface area contributed by atoms with Crippen LogP contribution in [-0.2, 0) is 20.8 Å². The van der Waals surface area contributed by atoms with Gasteiger partial charge in [0.15, 0.2) is 0 Å². The van der Waals surface area contributed by atoms with E-state index in [0.29, 0.717) is 51.5 Å². The number of likely N-dealkylation sites (tertiary alicyclic amines) is 1. The van der Waals surface area contributed by atoms with Crippen molar-refractivity contribution in [3.8, 4) is 0 Å². The van der Waals surface area contributed by atoms with Gasteiger partial charge in [0.1, 0.15) is 6.04 Å². The summed E-state index contributed by atoms with van der Waals surface area (Å²) in [7, 11) is 0. The third-order valence-electron chi connectivity index (χ3n) is 6.94. The number of rotatable bonds is 5. The van der Waals surface area contributed by atoms with Crippen LogP contribution >= 0.6 is 0 Å². The number of nitrogens with zero attached hydrogens (tertiary/aromatic N) is 3. The second-order valence-corrected chi connectivity index (χ2v) is 8.97. The predicted molar refractivity (Wildman–Crippen MR) is 115 cm³/mol. The van der Waals surface area contributed by atoms with Crippen molar-refractivity contribution in [1.82, 2.24) is 14.7 Å². The minimum absolute atomic E-state index is 0.0300. The highest BCUT2D eigenvalue weighted by atomic mass is 16.2. The summed E-state index contributed by atoms with van der Waals surface area (Å²) in [5.74, 6) is 0.883. The number of benzene rings is 1. The maximum absolute atomic E-state index is 13.2. The smallest absolute Gasteiger partial charge is 0.245 e. The monoisotopic (exact) mass is 411 g/mol. The Morgan fingerprint density at radius 3 is 2.13 bits per heavy atom. The summed E-state index contributed by atoms with van der Waals surface area (Å²) >= 11 is 0. The average Bonchev–Trinajstić information content (AvgIpc) is 3.46. The largest absolute Gasteiger partial charge is 0.339 e. The minimum Gasteiger partial charge on any atom is -0.339 e. The molecular weight excluding hydrogens is 378 g/mol. The normalized spacial score (nSPS) is 22.5. The Morgan fingerprint density at radius 1 is 0.767 bits per heavy atom. The van der Waals surface area contributed by atoms with E-state index in [-0.39, 0.29) is 23.8 Å². The average molecular weight is 412 g/mol. The van der Waals surface area contributed by atoms with E-state index >= 15 is 0 Å². The van der Waals surface area contributed by atoms with Crippen LogP contribution < -0.4 is 0 Å². The first-order valence-corrected chi connectivity index (χ1v) is 11.5. The van der Waals surface area contributed by atoms with Crippen LogP contribution in [0.25, 0.3) is 0 Å². The van der Waals surface area contributed by atoms with E-state index in [1.807, 2.05) is 40.1 Å². The zero-order chi connectivity index (χ0) is 20.9. The molecule has 1 aromatic rings. The van der Waals surface area contributed by atoms with Crippen molar-refractivity contribution >= 4 is 17.7 Å². The van der Waals surface area contributed by atoms with E-state index in [1.54, 1.807) is 4.90 Å². The van der Waals surface area contributed by atoms with Gasteiger partial charge in [0.25, 0.3) is 0 Å². The van der Waals surface area contributed by atoms with Gasteiger partial charge >= 0.3 is 0 Å². The third-order valence-corrected chi connectivity index (χ3v) is 6.94. The molecule has 0 N–H and O–H groups in total. The molecule has 1 aliphatic carbocycles. The first kappa shape index (κ1) is 20.9. The van der Waals surface area contributed by atoms with Crippen LogP contribution in [0.2, 0.25) is 0 Å². The summed E-state index contributed by atoms with van der Waals surface area (Å²) in [6, 6.07) is 9.36. The first-order chi connectivity index (χ1) is 14.6. The lowest BCUT2D eigenvalue weighted by atomic mass is 10.0. The Labute approximate surface area is 179 Å². The van der Waals surface area contributed by atoms with Crippen molar-refractivity contribution in [1.29, 1.82) is 0 Å². The molecule has 0 aromatic heterocycles. The summed E-state index contributed by atoms with van der Waals surface area (Å²) in [5, 5.41) is 0. The van der Waals surface area contributed by atoms with Gasteiger partial charge in [-0.05, 0) is 37.2 Å². The SMILES string of the molecule is O=C(CC1CCCC1)N1CCN(C(=O)C2CCCN2C(=O)Cc2ccccc2)CC1. The van der Waals surface area contributed by atoms with Gasteiger partial charge in [-0.2, -0.15) is 0 Å². The predicted octanol–water partition coefficient (Wildman–Crippen LogP) is 2.47. The molecule has 6 nitrogen and oxygen atoms in total. The third kappa shape index (κ3) is 4.85. The summed E-state index contributed by atoms with van der Waals surface area (Å²) in [4.78, 5) is 44.1. The zero-order valence-corrected chi connectivity index (χ0v) is 17.8. The molecule has 2 saturated heterocycles. The summed E-state index contributed by atoms with van der Waals surface area (Å²) in [5.41, 5.74) is 0.981. The lowest BCUT2D eigenvalue weighted by Crippen LogP contribution is -2.55. The van der Waals surface area contributed by atoms with Gasteiger partial charge in [-0.3, -0.25) is 14.4 Å². The summed E-state index contributed by atoms with van der Waals surface area (Å²) in [6.45, 7) is 3.03. The number of hydrogen-bond donors (Lipinski definition) is 0. The number of carbonyl (C=O) groups is 3. The van der Waals surface area contributed by atoms with E-state index in [0.717, 1.165) is 18.4 Å². The molecule has 3 amide bonds. The lowest BCUT2D eigenvalue weighted by molar-refractivity contribution is -0.146. The molecule has 0 radical (unpaired) electrons. The molecule has 1 aromatic carbocycles. The molecule has 1 atom stereocenters. The molecule has 2 heterocycles. The van der Waals surface area contributed by atoms with Crippen molar-refractivity contribution in [3.63, 3.8) is 0 Å². The molecule has 4 rings (SSSR count). The molecule has 6 heteroatoms. The fourth-order valence-electron chi connectivity index (χ4n) is 5.17. The highest BCUT2D eigenvalue weighted by Gasteiger charge is 2.37. The summed E-state index contributed by atoms with van der Waals surface area (Å²) in [6.07, 6.45) is 7.48. The Kier molecular flexibility index (Phi) is 6.70. The van der Waals surface area contributed by atoms with Gasteiger partial charge in [0, 0.05) is 39.1 Å². The molecular formula is C24H33N3O3. The van der Waals surface area contributed by atoms with Crippen LogP contribution in [-0.4, -0.2) is 71.2 Å². The molecule has 3 fully saturated rings. The molecule has 2 aliphatic heterocycles. The van der Waals surface area contributed by atoms with Gasteiger partial charge in [-0.25, -0.2) is 0 Å². The molecule has 3 aliphatic rings. The van der Waals surface area contributed by atoms with Crippen LogP contribution in [0.3, 0.4) is 0 Å². The van der Waals surface area contributed by atoms with Crippen LogP contribution in [0.5, 0.6) is 0 Å². The van der Waals surface area contributed by atoms with Crippen LogP contribution in [0.4, 0.5) is 0 Å². The van der Waals surface area contributed by atoms with Crippen molar-refractivity contribution in [3.05, 3.63) is 35.9 Å². The van der Waals surface area contributed by atoms with E-state index in [2.05, 4.69) is 0 Å². The van der Waals surface area contributed by atoms with Crippen LogP contribution in [0.1, 0.15) is 50.5 Å². The molecule has 30 heavy (non-hydrogen) atoms. The van der Waals surface area contributed by atoms with Gasteiger partial charge in [0.2, 0.25) is 17.7 Å². The Balaban J connectivity index is 1.28. The summed E-state index contributed by atoms with van der Waals surface area (Å²) < 4.78 is 0. The van der Waals surface area contributed by atoms with E-state index in [1.165, 1.54) is 25.7 Å². The van der Waals surface area contributed by atoms with Gasteiger partial charge in [-0.1, -0.05) is 43.2 Å². The number of carbonyl (C=O) groups excluding carboxylic acids is 3.